The molecular weight excluding hydrogens is 200 g/mol. The van der Waals surface area contributed by atoms with Crippen LogP contribution < -0.4 is 9.64 Å². The van der Waals surface area contributed by atoms with Crippen LogP contribution in [0.3, 0.4) is 0 Å². The third-order valence-electron chi connectivity index (χ3n) is 3.15. The Morgan fingerprint density at radius 1 is 1.44 bits per heavy atom. The quantitative estimate of drug-likeness (QED) is 0.672. The van der Waals surface area contributed by atoms with Crippen molar-refractivity contribution in [2.45, 2.75) is 39.7 Å². The van der Waals surface area contributed by atoms with E-state index in [9.17, 15) is 0 Å². The molecule has 1 aromatic rings. The summed E-state index contributed by atoms with van der Waals surface area (Å²) in [6.07, 6.45) is 4.39. The molecular formula is C13H20N2O. The molecule has 1 atom stereocenters. The molecule has 0 amide bonds. The summed E-state index contributed by atoms with van der Waals surface area (Å²) in [6, 6.07) is 2.58. The number of pyridine rings is 1. The number of aryl methyl sites for hydroxylation is 1. The first-order chi connectivity index (χ1) is 7.86. The van der Waals surface area contributed by atoms with Crippen molar-refractivity contribution >= 4 is 5.82 Å². The van der Waals surface area contributed by atoms with Crippen molar-refractivity contribution in [2.24, 2.45) is 0 Å². The molecule has 0 radical (unpaired) electrons. The highest BCUT2D eigenvalue weighted by Crippen LogP contribution is 2.37. The van der Waals surface area contributed by atoms with E-state index in [1.165, 1.54) is 18.4 Å². The molecule has 1 saturated heterocycles. The molecule has 16 heavy (non-hydrogen) atoms. The molecule has 3 heteroatoms. The molecule has 3 rings (SSSR count). The Morgan fingerprint density at radius 2 is 2.25 bits per heavy atom. The molecule has 2 aliphatic heterocycles. The zero-order valence-corrected chi connectivity index (χ0v) is 10.4. The molecule has 0 aromatic carbocycles. The van der Waals surface area contributed by atoms with Crippen LogP contribution in [0, 0.1) is 6.92 Å². The highest BCUT2D eigenvalue weighted by Gasteiger charge is 2.32. The van der Waals surface area contributed by atoms with Crippen LogP contribution >= 0.6 is 0 Å². The van der Waals surface area contributed by atoms with E-state index in [0.29, 0.717) is 6.04 Å². The zero-order chi connectivity index (χ0) is 11.5. The normalized spacial score (nSPS) is 21.4. The van der Waals surface area contributed by atoms with Crippen LogP contribution in [0.2, 0.25) is 0 Å². The van der Waals surface area contributed by atoms with Gasteiger partial charge in [-0.2, -0.15) is 0 Å². The van der Waals surface area contributed by atoms with Gasteiger partial charge in [-0.25, -0.2) is 4.98 Å². The molecule has 0 spiro atoms. The Morgan fingerprint density at radius 3 is 3.06 bits per heavy atom. The van der Waals surface area contributed by atoms with Gasteiger partial charge in [-0.15, -0.1) is 0 Å². The van der Waals surface area contributed by atoms with Gasteiger partial charge in [-0.3, -0.25) is 0 Å². The second-order valence-corrected chi connectivity index (χ2v) is 4.08. The summed E-state index contributed by atoms with van der Waals surface area (Å²) in [5.41, 5.74) is 1.19. The van der Waals surface area contributed by atoms with Gasteiger partial charge in [0.1, 0.15) is 6.61 Å². The summed E-state index contributed by atoms with van der Waals surface area (Å²) in [6.45, 7) is 8.05. The standard InChI is InChI=1S/C11H14N2O.C2H6/c1-8-4-5-12-11-10(8)14-7-9-3-2-6-13(9)11;1-2/h4-5,9H,2-3,6-7H2,1H3;1-2H3/t9-;/m0./s1. The summed E-state index contributed by atoms with van der Waals surface area (Å²) >= 11 is 0. The number of ether oxygens (including phenoxy) is 1. The molecule has 1 fully saturated rings. The average molecular weight is 220 g/mol. The average Bonchev–Trinajstić information content (AvgIpc) is 2.80. The lowest BCUT2D eigenvalue weighted by molar-refractivity contribution is 0.268. The molecule has 0 unspecified atom stereocenters. The number of rotatable bonds is 0. The minimum absolute atomic E-state index is 0.566. The van der Waals surface area contributed by atoms with Crippen molar-refractivity contribution in [1.82, 2.24) is 4.98 Å². The maximum Gasteiger partial charge on any atom is 0.172 e. The number of fused-ring (bicyclic) bond motifs is 3. The lowest BCUT2D eigenvalue weighted by atomic mass is 10.2. The van der Waals surface area contributed by atoms with E-state index in [4.69, 9.17) is 4.74 Å². The largest absolute Gasteiger partial charge is 0.487 e. The Hall–Kier alpha value is -1.25. The van der Waals surface area contributed by atoms with Crippen molar-refractivity contribution in [3.05, 3.63) is 17.8 Å². The number of hydrogen-bond donors (Lipinski definition) is 0. The van der Waals surface area contributed by atoms with Gasteiger partial charge in [0, 0.05) is 12.7 Å². The summed E-state index contributed by atoms with van der Waals surface area (Å²) < 4.78 is 5.76. The van der Waals surface area contributed by atoms with E-state index >= 15 is 0 Å². The second-order valence-electron chi connectivity index (χ2n) is 4.08. The number of nitrogens with zero attached hydrogens (tertiary/aromatic N) is 2. The monoisotopic (exact) mass is 220 g/mol. The van der Waals surface area contributed by atoms with E-state index in [2.05, 4.69) is 16.8 Å². The molecule has 0 bridgehead atoms. The van der Waals surface area contributed by atoms with Crippen molar-refractivity contribution < 1.29 is 4.74 Å². The van der Waals surface area contributed by atoms with Gasteiger partial charge in [0.25, 0.3) is 0 Å². The SMILES string of the molecule is CC.Cc1ccnc2c1OC[C@@H]1CCCN21. The molecule has 3 nitrogen and oxygen atoms in total. The second kappa shape index (κ2) is 4.73. The lowest BCUT2D eigenvalue weighted by Crippen LogP contribution is -2.38. The smallest absolute Gasteiger partial charge is 0.172 e. The number of aromatic nitrogens is 1. The van der Waals surface area contributed by atoms with E-state index < -0.39 is 0 Å². The van der Waals surface area contributed by atoms with E-state index in [1.54, 1.807) is 0 Å². The first-order valence-corrected chi connectivity index (χ1v) is 6.21. The van der Waals surface area contributed by atoms with E-state index in [0.717, 1.165) is 24.7 Å². The first-order valence-electron chi connectivity index (χ1n) is 6.21. The van der Waals surface area contributed by atoms with Crippen LogP contribution in [0.5, 0.6) is 5.75 Å². The summed E-state index contributed by atoms with van der Waals surface area (Å²) in [7, 11) is 0. The van der Waals surface area contributed by atoms with Crippen LogP contribution in [0.25, 0.3) is 0 Å². The fraction of sp³-hybridized carbons (Fsp3) is 0.615. The Bertz CT molecular complexity index is 365. The van der Waals surface area contributed by atoms with Crippen molar-refractivity contribution in [3.8, 4) is 5.75 Å². The van der Waals surface area contributed by atoms with Crippen LogP contribution in [-0.2, 0) is 0 Å². The van der Waals surface area contributed by atoms with E-state index in [-0.39, 0.29) is 0 Å². The maximum atomic E-state index is 5.76. The van der Waals surface area contributed by atoms with Crippen molar-refractivity contribution in [1.29, 1.82) is 0 Å². The van der Waals surface area contributed by atoms with Gasteiger partial charge >= 0.3 is 0 Å². The highest BCUT2D eigenvalue weighted by molar-refractivity contribution is 5.58. The van der Waals surface area contributed by atoms with Gasteiger partial charge in [-0.1, -0.05) is 13.8 Å². The van der Waals surface area contributed by atoms with Gasteiger partial charge in [-0.05, 0) is 31.4 Å². The molecule has 1 aromatic heterocycles. The Kier molecular flexibility index (Phi) is 3.32. The zero-order valence-electron chi connectivity index (χ0n) is 10.4. The molecule has 88 valence electrons. The van der Waals surface area contributed by atoms with Crippen LogP contribution in [-0.4, -0.2) is 24.2 Å². The minimum atomic E-state index is 0.566. The Labute approximate surface area is 97.4 Å². The maximum absolute atomic E-state index is 5.76. The fourth-order valence-electron chi connectivity index (χ4n) is 2.38. The molecule has 0 aliphatic carbocycles. The van der Waals surface area contributed by atoms with Crippen LogP contribution in [0.15, 0.2) is 12.3 Å². The highest BCUT2D eigenvalue weighted by atomic mass is 16.5. The van der Waals surface area contributed by atoms with Crippen LogP contribution in [0.1, 0.15) is 32.3 Å². The van der Waals surface area contributed by atoms with Gasteiger partial charge in [0.2, 0.25) is 0 Å². The predicted molar refractivity (Wildman–Crippen MR) is 66.2 cm³/mol. The third-order valence-corrected chi connectivity index (χ3v) is 3.15. The molecule has 0 N–H and O–H groups in total. The number of hydrogen-bond acceptors (Lipinski definition) is 3. The Balaban J connectivity index is 0.000000457. The summed E-state index contributed by atoms with van der Waals surface area (Å²) in [5, 5.41) is 0. The van der Waals surface area contributed by atoms with Gasteiger partial charge < -0.3 is 9.64 Å². The van der Waals surface area contributed by atoms with E-state index in [1.807, 2.05) is 26.1 Å². The van der Waals surface area contributed by atoms with Crippen molar-refractivity contribution in [3.63, 3.8) is 0 Å². The predicted octanol–water partition coefficient (Wildman–Crippen LogP) is 2.78. The topological polar surface area (TPSA) is 25.4 Å². The van der Waals surface area contributed by atoms with Gasteiger partial charge in [0.15, 0.2) is 11.6 Å². The van der Waals surface area contributed by atoms with Crippen LogP contribution in [0.4, 0.5) is 5.82 Å². The fourth-order valence-corrected chi connectivity index (χ4v) is 2.38. The minimum Gasteiger partial charge on any atom is -0.487 e. The first kappa shape index (κ1) is 11.2. The number of anilines is 1. The third kappa shape index (κ3) is 1.75. The molecule has 2 aliphatic rings. The summed E-state index contributed by atoms with van der Waals surface area (Å²) in [5.74, 6) is 2.05. The van der Waals surface area contributed by atoms with Gasteiger partial charge in [0.05, 0.1) is 6.04 Å². The lowest BCUT2D eigenvalue weighted by Gasteiger charge is -2.32. The molecule has 3 heterocycles. The van der Waals surface area contributed by atoms with Crippen molar-refractivity contribution in [2.75, 3.05) is 18.1 Å². The summed E-state index contributed by atoms with van der Waals surface area (Å²) in [4.78, 5) is 6.82. The molecule has 0 saturated carbocycles.